The number of rotatable bonds is 5. The van der Waals surface area contributed by atoms with E-state index in [1.54, 1.807) is 36.7 Å². The molecule has 3 aromatic rings. The van der Waals surface area contributed by atoms with E-state index in [1.807, 2.05) is 19.1 Å². The van der Waals surface area contributed by atoms with Crippen molar-refractivity contribution in [2.75, 3.05) is 0 Å². The van der Waals surface area contributed by atoms with Crippen molar-refractivity contribution in [3.63, 3.8) is 0 Å². The van der Waals surface area contributed by atoms with E-state index in [9.17, 15) is 4.79 Å². The second kappa shape index (κ2) is 7.31. The minimum Gasteiger partial charge on any atom is -0.439 e. The number of ether oxygens (including phenoxy) is 1. The second-order valence-corrected chi connectivity index (χ2v) is 5.87. The molecule has 1 aromatic carbocycles. The Morgan fingerprint density at radius 3 is 2.62 bits per heavy atom. The van der Waals surface area contributed by atoms with E-state index >= 15 is 0 Å². The van der Waals surface area contributed by atoms with E-state index in [0.717, 1.165) is 28.4 Å². The predicted molar refractivity (Wildman–Crippen MR) is 94.2 cm³/mol. The van der Waals surface area contributed by atoms with Crippen LogP contribution in [0, 0.1) is 0 Å². The van der Waals surface area contributed by atoms with Crippen LogP contribution in [0.1, 0.15) is 23.0 Å². The first-order valence-corrected chi connectivity index (χ1v) is 8.20. The summed E-state index contributed by atoms with van der Waals surface area (Å²) in [6.07, 6.45) is 4.93. The average molecular weight is 384 g/mol. The third kappa shape index (κ3) is 3.65. The van der Waals surface area contributed by atoms with Crippen LogP contribution >= 0.6 is 15.9 Å². The molecule has 0 saturated carbocycles. The van der Waals surface area contributed by atoms with Gasteiger partial charge in [0.25, 0.3) is 0 Å². The molecule has 5 nitrogen and oxygen atoms in total. The highest BCUT2D eigenvalue weighted by atomic mass is 79.9. The van der Waals surface area contributed by atoms with Gasteiger partial charge in [0.05, 0.1) is 0 Å². The summed E-state index contributed by atoms with van der Waals surface area (Å²) in [5.74, 6) is 1.56. The maximum Gasteiger partial charge on any atom is 0.223 e. The molecule has 0 fully saturated rings. The van der Waals surface area contributed by atoms with E-state index < -0.39 is 0 Å². The Labute approximate surface area is 147 Å². The molecule has 2 heterocycles. The molecule has 0 N–H and O–H groups in total. The van der Waals surface area contributed by atoms with Crippen molar-refractivity contribution in [1.29, 1.82) is 0 Å². The highest BCUT2D eigenvalue weighted by Crippen LogP contribution is 2.26. The number of hydrogen-bond donors (Lipinski definition) is 0. The van der Waals surface area contributed by atoms with Gasteiger partial charge in [-0.2, -0.15) is 4.98 Å². The van der Waals surface area contributed by atoms with Gasteiger partial charge in [0.2, 0.25) is 5.88 Å². The van der Waals surface area contributed by atoms with Crippen LogP contribution in [0.3, 0.4) is 0 Å². The van der Waals surface area contributed by atoms with Crippen LogP contribution in [0.4, 0.5) is 0 Å². The zero-order valence-corrected chi connectivity index (χ0v) is 14.5. The summed E-state index contributed by atoms with van der Waals surface area (Å²) in [5.41, 5.74) is 2.26. The lowest BCUT2D eigenvalue weighted by molar-refractivity contribution is 0.112. The molecule has 0 amide bonds. The van der Waals surface area contributed by atoms with Crippen molar-refractivity contribution < 1.29 is 9.53 Å². The summed E-state index contributed by atoms with van der Waals surface area (Å²) in [6, 6.07) is 10.7. The number of carbonyl (C=O) groups excluding carboxylic acids is 1. The van der Waals surface area contributed by atoms with Gasteiger partial charge < -0.3 is 4.74 Å². The van der Waals surface area contributed by atoms with Gasteiger partial charge in [-0.25, -0.2) is 4.98 Å². The zero-order valence-electron chi connectivity index (χ0n) is 12.9. The summed E-state index contributed by atoms with van der Waals surface area (Å²) < 4.78 is 6.56. The van der Waals surface area contributed by atoms with Crippen LogP contribution in [0.15, 0.2) is 53.3 Å². The topological polar surface area (TPSA) is 65.0 Å². The van der Waals surface area contributed by atoms with Crippen LogP contribution in [0.2, 0.25) is 0 Å². The maximum atomic E-state index is 11.1. The van der Waals surface area contributed by atoms with Crippen LogP contribution < -0.4 is 4.74 Å². The van der Waals surface area contributed by atoms with Gasteiger partial charge >= 0.3 is 0 Å². The Morgan fingerprint density at radius 1 is 1.12 bits per heavy atom. The van der Waals surface area contributed by atoms with Crippen molar-refractivity contribution in [1.82, 2.24) is 15.0 Å². The number of aryl methyl sites for hydroxylation is 1. The molecule has 6 heteroatoms. The van der Waals surface area contributed by atoms with Gasteiger partial charge in [-0.1, -0.05) is 22.9 Å². The normalized spacial score (nSPS) is 10.4. The molecule has 0 bridgehead atoms. The Morgan fingerprint density at radius 2 is 1.92 bits per heavy atom. The fraction of sp³-hybridized carbons (Fsp3) is 0.111. The second-order valence-electron chi connectivity index (χ2n) is 5.01. The molecule has 2 aromatic heterocycles. The fourth-order valence-corrected chi connectivity index (χ4v) is 2.47. The first kappa shape index (κ1) is 16.3. The Balaban J connectivity index is 1.97. The molecule has 0 saturated heterocycles. The molecule has 24 heavy (non-hydrogen) atoms. The van der Waals surface area contributed by atoms with E-state index in [4.69, 9.17) is 4.74 Å². The summed E-state index contributed by atoms with van der Waals surface area (Å²) in [7, 11) is 0. The molecule has 3 rings (SSSR count). The molecular formula is C18H14BrN3O2. The average Bonchev–Trinajstić information content (AvgIpc) is 2.63. The number of aromatic nitrogens is 3. The molecule has 0 aliphatic heterocycles. The monoisotopic (exact) mass is 383 g/mol. The van der Waals surface area contributed by atoms with Gasteiger partial charge in [-0.05, 0) is 36.8 Å². The first-order valence-electron chi connectivity index (χ1n) is 7.40. The molecular weight excluding hydrogens is 370 g/mol. The van der Waals surface area contributed by atoms with Crippen LogP contribution in [0.25, 0.3) is 11.4 Å². The number of aldehydes is 1. The van der Waals surface area contributed by atoms with Gasteiger partial charge in [0.15, 0.2) is 12.1 Å². The Bertz CT molecular complexity index is 869. The third-order valence-electron chi connectivity index (χ3n) is 3.37. The van der Waals surface area contributed by atoms with Crippen LogP contribution in [-0.2, 0) is 6.42 Å². The summed E-state index contributed by atoms with van der Waals surface area (Å²) in [5, 5.41) is 0. The highest BCUT2D eigenvalue weighted by Gasteiger charge is 2.09. The summed E-state index contributed by atoms with van der Waals surface area (Å²) in [6.45, 7) is 2.02. The largest absolute Gasteiger partial charge is 0.439 e. The van der Waals surface area contributed by atoms with Gasteiger partial charge in [-0.15, -0.1) is 0 Å². The number of benzene rings is 1. The lowest BCUT2D eigenvalue weighted by Crippen LogP contribution is -1.98. The fourth-order valence-electron chi connectivity index (χ4n) is 2.13. The smallest absolute Gasteiger partial charge is 0.223 e. The third-order valence-corrected chi connectivity index (χ3v) is 4.10. The van der Waals surface area contributed by atoms with Crippen molar-refractivity contribution in [3.05, 3.63) is 64.5 Å². The summed E-state index contributed by atoms with van der Waals surface area (Å²) in [4.78, 5) is 24.1. The molecule has 0 atom stereocenters. The van der Waals surface area contributed by atoms with Crippen LogP contribution in [-0.4, -0.2) is 21.2 Å². The van der Waals surface area contributed by atoms with Gasteiger partial charge in [0.1, 0.15) is 5.75 Å². The van der Waals surface area contributed by atoms with Crippen molar-refractivity contribution in [3.8, 4) is 23.0 Å². The minimum atomic E-state index is 0.438. The van der Waals surface area contributed by atoms with E-state index in [2.05, 4.69) is 30.9 Å². The minimum absolute atomic E-state index is 0.438. The number of halogens is 1. The Kier molecular flexibility index (Phi) is 4.96. The highest BCUT2D eigenvalue weighted by molar-refractivity contribution is 9.10. The standard InChI is InChI=1S/C18H14BrN3O2/c1-2-14-10-17(22-18(21-14)12-5-7-20-8-6-12)24-15-3-4-16(19)13(9-15)11-23/h3-11H,2H2,1H3. The lowest BCUT2D eigenvalue weighted by atomic mass is 10.2. The predicted octanol–water partition coefficient (Wildman–Crippen LogP) is 4.47. The maximum absolute atomic E-state index is 11.1. The van der Waals surface area contributed by atoms with E-state index in [0.29, 0.717) is 23.0 Å². The molecule has 0 spiro atoms. The number of hydrogen-bond acceptors (Lipinski definition) is 5. The number of pyridine rings is 1. The SMILES string of the molecule is CCc1cc(Oc2ccc(Br)c(C=O)c2)nc(-c2ccncc2)n1. The summed E-state index contributed by atoms with van der Waals surface area (Å²) >= 11 is 3.32. The van der Waals surface area contributed by atoms with Gasteiger partial charge in [-0.3, -0.25) is 9.78 Å². The van der Waals surface area contributed by atoms with Crippen molar-refractivity contribution in [2.24, 2.45) is 0 Å². The lowest BCUT2D eigenvalue weighted by Gasteiger charge is -2.09. The number of nitrogens with zero attached hydrogens (tertiary/aromatic N) is 3. The molecule has 120 valence electrons. The van der Waals surface area contributed by atoms with Crippen molar-refractivity contribution in [2.45, 2.75) is 13.3 Å². The Hall–Kier alpha value is -2.60. The first-order chi connectivity index (χ1) is 11.7. The van der Waals surface area contributed by atoms with E-state index in [-0.39, 0.29) is 0 Å². The quantitative estimate of drug-likeness (QED) is 0.608. The zero-order chi connectivity index (χ0) is 16.9. The van der Waals surface area contributed by atoms with Crippen LogP contribution in [0.5, 0.6) is 11.6 Å². The molecule has 0 aliphatic rings. The van der Waals surface area contributed by atoms with E-state index in [1.165, 1.54) is 0 Å². The molecule has 0 aliphatic carbocycles. The molecule has 0 unspecified atom stereocenters. The van der Waals surface area contributed by atoms with Gasteiger partial charge in [0, 0.05) is 39.8 Å². The van der Waals surface area contributed by atoms with Crippen molar-refractivity contribution >= 4 is 22.2 Å². The number of carbonyl (C=O) groups is 1. The molecule has 0 radical (unpaired) electrons.